The molecular weight excluding hydrogens is 278 g/mol. The Kier molecular flexibility index (Phi) is 7.11. The van der Waals surface area contributed by atoms with Crippen molar-refractivity contribution in [3.63, 3.8) is 0 Å². The summed E-state index contributed by atoms with van der Waals surface area (Å²) in [5.41, 5.74) is 1.57. The van der Waals surface area contributed by atoms with E-state index in [1.54, 1.807) is 5.57 Å². The van der Waals surface area contributed by atoms with Crippen molar-refractivity contribution in [3.8, 4) is 0 Å². The minimum atomic E-state index is -1.50. The van der Waals surface area contributed by atoms with Gasteiger partial charge in [0.15, 0.2) is 0 Å². The smallest absolute Gasteiger partial charge is 0.174 e. The van der Waals surface area contributed by atoms with Gasteiger partial charge in [0, 0.05) is 0 Å². The normalized spacial score (nSPS) is 33.5. The van der Waals surface area contributed by atoms with Crippen molar-refractivity contribution in [2.45, 2.75) is 78.1 Å². The Morgan fingerprint density at radius 2 is 1.41 bits per heavy atom. The van der Waals surface area contributed by atoms with Crippen LogP contribution >= 0.6 is 0 Å². The summed E-state index contributed by atoms with van der Waals surface area (Å²) < 4.78 is 24.6. The van der Waals surface area contributed by atoms with Gasteiger partial charge >= 0.3 is 0 Å². The van der Waals surface area contributed by atoms with Crippen molar-refractivity contribution < 1.29 is 8.78 Å². The van der Waals surface area contributed by atoms with Gasteiger partial charge in [-0.15, -0.1) is 0 Å². The molecule has 0 aromatic carbocycles. The zero-order valence-electron chi connectivity index (χ0n) is 14.3. The van der Waals surface area contributed by atoms with Crippen molar-refractivity contribution in [2.75, 3.05) is 0 Å². The molecule has 0 aromatic rings. The Balaban J connectivity index is 1.77. The van der Waals surface area contributed by atoms with Gasteiger partial charge in [-0.3, -0.25) is 0 Å². The Morgan fingerprint density at radius 3 is 1.91 bits per heavy atom. The molecule has 126 valence electrons. The molecule has 0 aromatic heterocycles. The molecule has 2 aliphatic rings. The zero-order valence-corrected chi connectivity index (χ0v) is 14.3. The minimum absolute atomic E-state index is 0.111. The maximum absolute atomic E-state index is 12.3. The maximum atomic E-state index is 12.3. The fourth-order valence-corrected chi connectivity index (χ4v) is 4.48. The first kappa shape index (κ1) is 17.7. The van der Waals surface area contributed by atoms with E-state index in [4.69, 9.17) is 0 Å². The largest absolute Gasteiger partial charge is 0.266 e. The van der Waals surface area contributed by atoms with Gasteiger partial charge in [-0.1, -0.05) is 31.4 Å². The van der Waals surface area contributed by atoms with Crippen LogP contribution in [0.5, 0.6) is 0 Å². The molecule has 0 heterocycles. The summed E-state index contributed by atoms with van der Waals surface area (Å²) in [5.74, 6) is 2.49. The van der Waals surface area contributed by atoms with Crippen LogP contribution in [-0.4, -0.2) is 0 Å². The Morgan fingerprint density at radius 1 is 0.864 bits per heavy atom. The summed E-state index contributed by atoms with van der Waals surface area (Å²) in [4.78, 5) is 0. The number of halogens is 2. The van der Waals surface area contributed by atoms with Crippen LogP contribution in [0, 0.1) is 23.7 Å². The van der Waals surface area contributed by atoms with Crippen molar-refractivity contribution in [1.82, 2.24) is 0 Å². The van der Waals surface area contributed by atoms with Crippen LogP contribution in [0.25, 0.3) is 0 Å². The molecule has 0 bridgehead atoms. The van der Waals surface area contributed by atoms with E-state index in [0.29, 0.717) is 5.92 Å². The first-order chi connectivity index (χ1) is 10.6. The molecule has 2 heteroatoms. The van der Waals surface area contributed by atoms with Gasteiger partial charge in [0.2, 0.25) is 0 Å². The molecule has 22 heavy (non-hydrogen) atoms. The molecule has 0 unspecified atom stereocenters. The lowest BCUT2D eigenvalue weighted by Crippen LogP contribution is -2.17. The standard InChI is InChI=1S/C20H32F2/c1-3-4-16-9-11-19(12-10-16)15(2)13-17-5-7-18(8-6-17)14-20(21)22/h13-14,16-19H,3-12H2,1-2H3. The molecule has 0 atom stereocenters. The van der Waals surface area contributed by atoms with Crippen LogP contribution in [0.1, 0.15) is 78.1 Å². The third kappa shape index (κ3) is 5.52. The van der Waals surface area contributed by atoms with Crippen molar-refractivity contribution in [2.24, 2.45) is 23.7 Å². The fraction of sp³-hybridized carbons (Fsp3) is 0.800. The molecule has 2 rings (SSSR count). The van der Waals surface area contributed by atoms with Crippen molar-refractivity contribution >= 4 is 0 Å². The monoisotopic (exact) mass is 310 g/mol. The van der Waals surface area contributed by atoms with Crippen LogP contribution in [0.3, 0.4) is 0 Å². The lowest BCUT2D eigenvalue weighted by Gasteiger charge is -2.30. The van der Waals surface area contributed by atoms with Crippen LogP contribution in [-0.2, 0) is 0 Å². The molecule has 0 radical (unpaired) electrons. The van der Waals surface area contributed by atoms with Gasteiger partial charge < -0.3 is 0 Å². The molecular formula is C20H32F2. The lowest BCUT2D eigenvalue weighted by atomic mass is 9.75. The summed E-state index contributed by atoms with van der Waals surface area (Å²) >= 11 is 0. The number of rotatable bonds is 5. The topological polar surface area (TPSA) is 0 Å². The van der Waals surface area contributed by atoms with Gasteiger partial charge in [0.05, 0.1) is 0 Å². The average molecular weight is 310 g/mol. The first-order valence-electron chi connectivity index (χ1n) is 9.29. The molecule has 2 fully saturated rings. The summed E-state index contributed by atoms with van der Waals surface area (Å²) in [7, 11) is 0. The van der Waals surface area contributed by atoms with E-state index in [1.165, 1.54) is 44.6 Å². The fourth-order valence-electron chi connectivity index (χ4n) is 4.48. The highest BCUT2D eigenvalue weighted by Gasteiger charge is 2.23. The molecule has 0 aliphatic heterocycles. The molecule has 0 amide bonds. The van der Waals surface area contributed by atoms with E-state index >= 15 is 0 Å². The van der Waals surface area contributed by atoms with E-state index < -0.39 is 6.08 Å². The Bertz CT molecular complexity index is 377. The van der Waals surface area contributed by atoms with E-state index in [2.05, 4.69) is 19.9 Å². The lowest BCUT2D eigenvalue weighted by molar-refractivity contribution is 0.283. The van der Waals surface area contributed by atoms with E-state index in [1.807, 2.05) is 0 Å². The molecule has 0 saturated heterocycles. The summed E-state index contributed by atoms with van der Waals surface area (Å²) in [6.07, 6.45) is 14.4. The molecule has 0 nitrogen and oxygen atoms in total. The predicted molar refractivity (Wildman–Crippen MR) is 89.9 cm³/mol. The number of hydrogen-bond acceptors (Lipinski definition) is 0. The van der Waals surface area contributed by atoms with E-state index in [-0.39, 0.29) is 5.92 Å². The predicted octanol–water partition coefficient (Wildman–Crippen LogP) is 7.13. The van der Waals surface area contributed by atoms with Crippen LogP contribution in [0.15, 0.2) is 23.8 Å². The second-order valence-corrected chi connectivity index (χ2v) is 7.55. The van der Waals surface area contributed by atoms with Crippen LogP contribution < -0.4 is 0 Å². The van der Waals surface area contributed by atoms with Gasteiger partial charge in [-0.05, 0) is 88.0 Å². The van der Waals surface area contributed by atoms with Crippen LogP contribution in [0.4, 0.5) is 8.78 Å². The highest BCUT2D eigenvalue weighted by atomic mass is 19.3. The molecule has 2 saturated carbocycles. The van der Waals surface area contributed by atoms with Gasteiger partial charge in [0.1, 0.15) is 0 Å². The highest BCUT2D eigenvalue weighted by molar-refractivity contribution is 5.08. The van der Waals surface area contributed by atoms with E-state index in [9.17, 15) is 8.78 Å². The molecule has 2 aliphatic carbocycles. The first-order valence-corrected chi connectivity index (χ1v) is 9.29. The second kappa shape index (κ2) is 8.84. The number of allylic oxidation sites excluding steroid dienone is 3. The maximum Gasteiger partial charge on any atom is 0.266 e. The Hall–Kier alpha value is -0.660. The highest BCUT2D eigenvalue weighted by Crippen LogP contribution is 2.37. The van der Waals surface area contributed by atoms with Crippen molar-refractivity contribution in [1.29, 1.82) is 0 Å². The van der Waals surface area contributed by atoms with Crippen molar-refractivity contribution in [3.05, 3.63) is 23.8 Å². The average Bonchev–Trinajstić information content (AvgIpc) is 2.50. The van der Waals surface area contributed by atoms with Gasteiger partial charge in [-0.2, -0.15) is 8.78 Å². The van der Waals surface area contributed by atoms with Gasteiger partial charge in [0.25, 0.3) is 6.08 Å². The molecule has 0 spiro atoms. The quantitative estimate of drug-likeness (QED) is 0.474. The minimum Gasteiger partial charge on any atom is -0.174 e. The zero-order chi connectivity index (χ0) is 15.9. The molecule has 0 N–H and O–H groups in total. The SMILES string of the molecule is CCCC1CCC(C(C)=CC2CCC(C=C(F)F)CC2)CC1. The third-order valence-corrected chi connectivity index (χ3v) is 5.86. The summed E-state index contributed by atoms with van der Waals surface area (Å²) in [5, 5.41) is 0. The van der Waals surface area contributed by atoms with Gasteiger partial charge in [-0.25, -0.2) is 0 Å². The second-order valence-electron chi connectivity index (χ2n) is 7.55. The summed E-state index contributed by atoms with van der Waals surface area (Å²) in [6, 6.07) is 0. The summed E-state index contributed by atoms with van der Waals surface area (Å²) in [6.45, 7) is 4.59. The Labute approximate surface area is 135 Å². The van der Waals surface area contributed by atoms with Crippen LogP contribution in [0.2, 0.25) is 0 Å². The number of hydrogen-bond donors (Lipinski definition) is 0. The third-order valence-electron chi connectivity index (χ3n) is 5.86. The van der Waals surface area contributed by atoms with E-state index in [0.717, 1.165) is 37.5 Å².